The second-order valence-corrected chi connectivity index (χ2v) is 3.68. The van der Waals surface area contributed by atoms with E-state index in [1.807, 2.05) is 6.07 Å². The van der Waals surface area contributed by atoms with E-state index in [4.69, 9.17) is 20.5 Å². The predicted molar refractivity (Wildman–Crippen MR) is 62.4 cm³/mol. The van der Waals surface area contributed by atoms with E-state index in [-0.39, 0.29) is 6.10 Å². The molecule has 0 radical (unpaired) electrons. The molecule has 0 saturated carbocycles. The van der Waals surface area contributed by atoms with Gasteiger partial charge in [0.15, 0.2) is 5.82 Å². The monoisotopic (exact) mass is 234 g/mol. The Balaban J connectivity index is 1.96. The van der Waals surface area contributed by atoms with Crippen LogP contribution < -0.4 is 11.1 Å². The minimum atomic E-state index is -0.00399. The Labute approximate surface area is 99.3 Å². The summed E-state index contributed by atoms with van der Waals surface area (Å²) in [6.07, 6.45) is 1.55. The number of nitrogens with zero attached hydrogens (tertiary/aromatic N) is 2. The van der Waals surface area contributed by atoms with Crippen LogP contribution in [0.2, 0.25) is 0 Å². The molecule has 1 saturated heterocycles. The molecule has 6 heteroatoms. The number of nitriles is 1. The van der Waals surface area contributed by atoms with E-state index in [0.717, 1.165) is 0 Å². The normalized spacial score (nSPS) is 19.6. The van der Waals surface area contributed by atoms with E-state index in [2.05, 4.69) is 10.3 Å². The van der Waals surface area contributed by atoms with Crippen LogP contribution in [0.15, 0.2) is 12.3 Å². The molecule has 0 spiro atoms. The van der Waals surface area contributed by atoms with Crippen LogP contribution >= 0.6 is 0 Å². The summed E-state index contributed by atoms with van der Waals surface area (Å²) in [5.41, 5.74) is 6.58. The summed E-state index contributed by atoms with van der Waals surface area (Å²) in [7, 11) is 0. The minimum absolute atomic E-state index is 0.00399. The van der Waals surface area contributed by atoms with Gasteiger partial charge in [-0.3, -0.25) is 0 Å². The van der Waals surface area contributed by atoms with Crippen molar-refractivity contribution in [1.82, 2.24) is 4.98 Å². The van der Waals surface area contributed by atoms with Gasteiger partial charge in [0.2, 0.25) is 0 Å². The molecule has 1 aliphatic heterocycles. The molecule has 0 bridgehead atoms. The summed E-state index contributed by atoms with van der Waals surface area (Å²) in [4.78, 5) is 4.09. The average Bonchev–Trinajstić information content (AvgIpc) is 2.39. The van der Waals surface area contributed by atoms with Crippen LogP contribution in [0.25, 0.3) is 0 Å². The van der Waals surface area contributed by atoms with Crippen molar-refractivity contribution >= 4 is 11.5 Å². The molecule has 1 aliphatic rings. The number of rotatable bonds is 3. The molecule has 1 atom stereocenters. The zero-order chi connectivity index (χ0) is 12.1. The van der Waals surface area contributed by atoms with Crippen LogP contribution in [-0.2, 0) is 9.47 Å². The highest BCUT2D eigenvalue weighted by Crippen LogP contribution is 2.19. The standard InChI is InChI=1S/C11H14N4O2/c12-5-8-1-2-14-11(10(8)13)15-6-9-7-16-3-4-17-9/h1-2,9H,3-4,6-7,13H2,(H,14,15). The molecule has 17 heavy (non-hydrogen) atoms. The minimum Gasteiger partial charge on any atom is -0.395 e. The summed E-state index contributed by atoms with van der Waals surface area (Å²) in [5.74, 6) is 0.512. The first-order valence-corrected chi connectivity index (χ1v) is 5.39. The Hall–Kier alpha value is -1.84. The molecule has 6 nitrogen and oxygen atoms in total. The molecule has 1 aromatic heterocycles. The fourth-order valence-electron chi connectivity index (χ4n) is 1.58. The van der Waals surface area contributed by atoms with Gasteiger partial charge in [-0.25, -0.2) is 4.98 Å². The molecule has 0 amide bonds. The molecule has 2 rings (SSSR count). The highest BCUT2D eigenvalue weighted by Gasteiger charge is 2.15. The summed E-state index contributed by atoms with van der Waals surface area (Å²) >= 11 is 0. The van der Waals surface area contributed by atoms with Gasteiger partial charge in [-0.1, -0.05) is 0 Å². The summed E-state index contributed by atoms with van der Waals surface area (Å²) in [6, 6.07) is 3.60. The lowest BCUT2D eigenvalue weighted by atomic mass is 10.2. The van der Waals surface area contributed by atoms with E-state index in [0.29, 0.717) is 43.4 Å². The lowest BCUT2D eigenvalue weighted by molar-refractivity contribution is -0.0819. The first-order chi connectivity index (χ1) is 8.31. The smallest absolute Gasteiger partial charge is 0.150 e. The first-order valence-electron chi connectivity index (χ1n) is 5.39. The fourth-order valence-corrected chi connectivity index (χ4v) is 1.58. The van der Waals surface area contributed by atoms with Crippen molar-refractivity contribution in [2.24, 2.45) is 0 Å². The molecular weight excluding hydrogens is 220 g/mol. The Kier molecular flexibility index (Phi) is 3.75. The SMILES string of the molecule is N#Cc1ccnc(NCC2COCCO2)c1N. The molecule has 0 aliphatic carbocycles. The van der Waals surface area contributed by atoms with Gasteiger partial charge in [-0.2, -0.15) is 5.26 Å². The molecule has 1 aromatic rings. The van der Waals surface area contributed by atoms with Crippen LogP contribution in [0.5, 0.6) is 0 Å². The van der Waals surface area contributed by atoms with Crippen LogP contribution in [0.4, 0.5) is 11.5 Å². The van der Waals surface area contributed by atoms with E-state index in [9.17, 15) is 0 Å². The number of nitrogens with two attached hydrogens (primary N) is 1. The van der Waals surface area contributed by atoms with Crippen LogP contribution in [0.1, 0.15) is 5.56 Å². The quantitative estimate of drug-likeness (QED) is 0.784. The Morgan fingerprint density at radius 1 is 1.59 bits per heavy atom. The Morgan fingerprint density at radius 3 is 3.18 bits per heavy atom. The lowest BCUT2D eigenvalue weighted by Gasteiger charge is -2.23. The third-order valence-electron chi connectivity index (χ3n) is 2.49. The second-order valence-electron chi connectivity index (χ2n) is 3.68. The lowest BCUT2D eigenvalue weighted by Crippen LogP contribution is -2.34. The van der Waals surface area contributed by atoms with Crippen molar-refractivity contribution in [2.75, 3.05) is 37.4 Å². The second kappa shape index (κ2) is 5.48. The maximum atomic E-state index is 8.83. The fraction of sp³-hybridized carbons (Fsp3) is 0.455. The third-order valence-corrected chi connectivity index (χ3v) is 2.49. The number of nitrogens with one attached hydrogen (secondary N) is 1. The topological polar surface area (TPSA) is 93.2 Å². The van der Waals surface area contributed by atoms with Crippen molar-refractivity contribution in [2.45, 2.75) is 6.10 Å². The van der Waals surface area contributed by atoms with Gasteiger partial charge in [-0.05, 0) is 6.07 Å². The zero-order valence-electron chi connectivity index (χ0n) is 9.35. The van der Waals surface area contributed by atoms with E-state index >= 15 is 0 Å². The van der Waals surface area contributed by atoms with Gasteiger partial charge in [0, 0.05) is 12.7 Å². The third kappa shape index (κ3) is 2.84. The summed E-state index contributed by atoms with van der Waals surface area (Å²) in [5, 5.41) is 11.9. The zero-order valence-corrected chi connectivity index (χ0v) is 9.35. The van der Waals surface area contributed by atoms with Crippen molar-refractivity contribution in [3.63, 3.8) is 0 Å². The van der Waals surface area contributed by atoms with Crippen molar-refractivity contribution < 1.29 is 9.47 Å². The highest BCUT2D eigenvalue weighted by atomic mass is 16.6. The molecule has 3 N–H and O–H groups in total. The Morgan fingerprint density at radius 2 is 2.47 bits per heavy atom. The van der Waals surface area contributed by atoms with Crippen molar-refractivity contribution in [3.05, 3.63) is 17.8 Å². The maximum Gasteiger partial charge on any atom is 0.150 e. The van der Waals surface area contributed by atoms with Gasteiger partial charge in [0.1, 0.15) is 6.07 Å². The van der Waals surface area contributed by atoms with Gasteiger partial charge in [-0.15, -0.1) is 0 Å². The molecule has 1 unspecified atom stereocenters. The van der Waals surface area contributed by atoms with Gasteiger partial charge in [0.25, 0.3) is 0 Å². The molecule has 2 heterocycles. The Bertz CT molecular complexity index is 424. The van der Waals surface area contributed by atoms with E-state index in [1.54, 1.807) is 12.3 Å². The van der Waals surface area contributed by atoms with Gasteiger partial charge < -0.3 is 20.5 Å². The molecule has 90 valence electrons. The van der Waals surface area contributed by atoms with E-state index in [1.165, 1.54) is 0 Å². The maximum absolute atomic E-state index is 8.83. The first kappa shape index (κ1) is 11.6. The number of ether oxygens (including phenoxy) is 2. The number of hydrogen-bond donors (Lipinski definition) is 2. The average molecular weight is 234 g/mol. The molecule has 1 fully saturated rings. The molecular formula is C11H14N4O2. The number of nitrogen functional groups attached to an aromatic ring is 1. The van der Waals surface area contributed by atoms with Crippen molar-refractivity contribution in [3.8, 4) is 6.07 Å². The highest BCUT2D eigenvalue weighted by molar-refractivity contribution is 5.68. The van der Waals surface area contributed by atoms with Crippen LogP contribution in [-0.4, -0.2) is 37.5 Å². The van der Waals surface area contributed by atoms with Crippen molar-refractivity contribution in [1.29, 1.82) is 5.26 Å². The largest absolute Gasteiger partial charge is 0.395 e. The number of aromatic nitrogens is 1. The van der Waals surface area contributed by atoms with Gasteiger partial charge >= 0.3 is 0 Å². The van der Waals surface area contributed by atoms with Crippen LogP contribution in [0.3, 0.4) is 0 Å². The predicted octanol–water partition coefficient (Wildman–Crippen LogP) is 0.363. The number of hydrogen-bond acceptors (Lipinski definition) is 6. The van der Waals surface area contributed by atoms with Gasteiger partial charge in [0.05, 0.1) is 37.2 Å². The summed E-state index contributed by atoms with van der Waals surface area (Å²) in [6.45, 7) is 2.37. The number of pyridine rings is 1. The van der Waals surface area contributed by atoms with E-state index < -0.39 is 0 Å². The number of anilines is 2. The molecule has 0 aromatic carbocycles. The summed E-state index contributed by atoms with van der Waals surface area (Å²) < 4.78 is 10.8. The van der Waals surface area contributed by atoms with Crippen LogP contribution in [0, 0.1) is 11.3 Å².